The van der Waals surface area contributed by atoms with E-state index in [9.17, 15) is 8.42 Å². The van der Waals surface area contributed by atoms with Crippen LogP contribution in [0.1, 0.15) is 42.7 Å². The highest BCUT2D eigenvalue weighted by atomic mass is 32.2. The van der Waals surface area contributed by atoms with Crippen molar-refractivity contribution in [1.29, 1.82) is 0 Å². The van der Waals surface area contributed by atoms with Crippen molar-refractivity contribution in [3.05, 3.63) is 41.6 Å². The van der Waals surface area contributed by atoms with Gasteiger partial charge in [0.15, 0.2) is 0 Å². The minimum atomic E-state index is -2.80. The molecule has 2 saturated heterocycles. The molecule has 3 fully saturated rings. The molecule has 1 N–H and O–H groups in total. The molecule has 6 rings (SSSR count). The lowest BCUT2D eigenvalue weighted by Gasteiger charge is -2.32. The number of H-pyrrole nitrogens is 1. The predicted molar refractivity (Wildman–Crippen MR) is 133 cm³/mol. The minimum Gasteiger partial charge on any atom is -0.481 e. The van der Waals surface area contributed by atoms with Crippen LogP contribution in [0.3, 0.4) is 0 Å². The van der Waals surface area contributed by atoms with Crippen LogP contribution in [-0.4, -0.2) is 66.2 Å². The van der Waals surface area contributed by atoms with E-state index in [1.165, 1.54) is 24.0 Å². The molecule has 4 heterocycles. The number of hydrogen-bond donors (Lipinski definition) is 1. The van der Waals surface area contributed by atoms with Gasteiger partial charge in [-0.15, -0.1) is 0 Å². The maximum atomic E-state index is 11.8. The maximum absolute atomic E-state index is 11.8. The van der Waals surface area contributed by atoms with Gasteiger partial charge in [0.25, 0.3) is 0 Å². The first kappa shape index (κ1) is 22.0. The molecule has 1 saturated carbocycles. The first-order chi connectivity index (χ1) is 16.4. The van der Waals surface area contributed by atoms with Crippen molar-refractivity contribution in [2.24, 2.45) is 11.8 Å². The highest BCUT2D eigenvalue weighted by Crippen LogP contribution is 2.48. The molecule has 7 nitrogen and oxygen atoms in total. The van der Waals surface area contributed by atoms with Crippen LogP contribution in [0.4, 0.5) is 0 Å². The van der Waals surface area contributed by atoms with E-state index >= 15 is 0 Å². The Bertz CT molecular complexity index is 1310. The molecule has 2 aromatic heterocycles. The van der Waals surface area contributed by atoms with Crippen LogP contribution in [0.15, 0.2) is 30.5 Å². The van der Waals surface area contributed by atoms with Gasteiger partial charge in [-0.2, -0.15) is 5.10 Å². The van der Waals surface area contributed by atoms with Gasteiger partial charge in [-0.05, 0) is 79.7 Å². The van der Waals surface area contributed by atoms with E-state index in [-0.39, 0.29) is 0 Å². The Hall–Kier alpha value is -2.45. The van der Waals surface area contributed by atoms with Crippen molar-refractivity contribution in [2.75, 3.05) is 31.7 Å². The summed E-state index contributed by atoms with van der Waals surface area (Å²) in [7, 11) is -1.17. The number of aromatic nitrogens is 3. The average molecular weight is 481 g/mol. The zero-order valence-corrected chi connectivity index (χ0v) is 20.6. The molecule has 1 unspecified atom stereocenters. The van der Waals surface area contributed by atoms with E-state index in [4.69, 9.17) is 4.74 Å². The number of aromatic amines is 1. The number of pyridine rings is 1. The molecule has 2 aliphatic heterocycles. The molecular formula is C26H32N4O3S. The summed E-state index contributed by atoms with van der Waals surface area (Å²) < 4.78 is 29.0. The van der Waals surface area contributed by atoms with Gasteiger partial charge in [0.2, 0.25) is 5.88 Å². The fraction of sp³-hybridized carbons (Fsp3) is 0.538. The van der Waals surface area contributed by atoms with Crippen molar-refractivity contribution in [3.8, 4) is 17.1 Å². The Labute approximate surface area is 200 Å². The third-order valence-corrected chi connectivity index (χ3v) is 10.1. The second-order valence-electron chi connectivity index (χ2n) is 10.4. The van der Waals surface area contributed by atoms with Crippen LogP contribution in [0.25, 0.3) is 22.2 Å². The molecule has 8 heteroatoms. The number of ether oxygens (including phenoxy) is 1. The second-order valence-corrected chi connectivity index (χ2v) is 12.7. The monoisotopic (exact) mass is 480 g/mol. The molecule has 3 aliphatic rings. The minimum absolute atomic E-state index is 0.363. The molecule has 3 atom stereocenters. The first-order valence-corrected chi connectivity index (χ1v) is 14.2. The third kappa shape index (κ3) is 3.90. The third-order valence-electron chi connectivity index (χ3n) is 8.43. The van der Waals surface area contributed by atoms with E-state index in [0.29, 0.717) is 41.2 Å². The predicted octanol–water partition coefficient (Wildman–Crippen LogP) is 3.94. The standard InChI is InChI=1S/C26H32N4O3S/c1-16-9-24-23(26(29-28-24)17-3-6-27-25(12-17)33-2)13-22(16)18-10-19-14-30(15-20(19)11-18)21-4-7-34(31,32)8-5-21/h3,6,9,12-13,18-21H,4-5,7-8,10-11,14-15H2,1-2H3,(H,28,29)/t18?,19-,20+. The van der Waals surface area contributed by atoms with Crippen molar-refractivity contribution in [2.45, 2.75) is 44.6 Å². The second kappa shape index (κ2) is 8.34. The summed E-state index contributed by atoms with van der Waals surface area (Å²) in [5, 5.41) is 8.98. The summed E-state index contributed by atoms with van der Waals surface area (Å²) in [6.07, 6.45) is 5.81. The van der Waals surface area contributed by atoms with Gasteiger partial charge in [0.05, 0.1) is 24.1 Å². The lowest BCUT2D eigenvalue weighted by molar-refractivity contribution is 0.208. The van der Waals surface area contributed by atoms with Gasteiger partial charge in [-0.25, -0.2) is 13.4 Å². The van der Waals surface area contributed by atoms with E-state index < -0.39 is 9.84 Å². The van der Waals surface area contributed by atoms with Crippen molar-refractivity contribution in [3.63, 3.8) is 0 Å². The quantitative estimate of drug-likeness (QED) is 0.608. The van der Waals surface area contributed by atoms with Crippen molar-refractivity contribution >= 4 is 20.7 Å². The summed E-state index contributed by atoms with van der Waals surface area (Å²) in [6, 6.07) is 8.95. The van der Waals surface area contributed by atoms with Gasteiger partial charge in [0.1, 0.15) is 15.5 Å². The zero-order valence-electron chi connectivity index (χ0n) is 19.8. The van der Waals surface area contributed by atoms with Crippen molar-refractivity contribution < 1.29 is 13.2 Å². The zero-order chi connectivity index (χ0) is 23.4. The van der Waals surface area contributed by atoms with Gasteiger partial charge < -0.3 is 4.74 Å². The Kier molecular flexibility index (Phi) is 5.41. The number of aryl methyl sites for hydroxylation is 1. The first-order valence-electron chi connectivity index (χ1n) is 12.3. The number of likely N-dealkylation sites (tertiary alicyclic amines) is 1. The molecule has 1 aromatic carbocycles. The van der Waals surface area contributed by atoms with E-state index in [2.05, 4.69) is 39.1 Å². The lowest BCUT2D eigenvalue weighted by atomic mass is 9.90. The van der Waals surface area contributed by atoms with Crippen LogP contribution in [-0.2, 0) is 9.84 Å². The highest BCUT2D eigenvalue weighted by molar-refractivity contribution is 7.91. The number of rotatable bonds is 4. The molecule has 3 aromatic rings. The fourth-order valence-corrected chi connectivity index (χ4v) is 8.12. The normalized spacial score (nSPS) is 27.3. The Balaban J connectivity index is 1.21. The smallest absolute Gasteiger partial charge is 0.213 e. The van der Waals surface area contributed by atoms with Crippen LogP contribution in [0, 0.1) is 18.8 Å². The summed E-state index contributed by atoms with van der Waals surface area (Å²) in [5.41, 5.74) is 5.77. The van der Waals surface area contributed by atoms with E-state index in [1.54, 1.807) is 13.3 Å². The average Bonchev–Trinajstić information content (AvgIpc) is 3.51. The van der Waals surface area contributed by atoms with Crippen LogP contribution < -0.4 is 4.74 Å². The highest BCUT2D eigenvalue weighted by Gasteiger charge is 2.44. The Morgan fingerprint density at radius 3 is 2.53 bits per heavy atom. The Morgan fingerprint density at radius 2 is 1.82 bits per heavy atom. The number of sulfone groups is 1. The van der Waals surface area contributed by atoms with Crippen LogP contribution in [0.5, 0.6) is 5.88 Å². The van der Waals surface area contributed by atoms with Crippen LogP contribution >= 0.6 is 0 Å². The molecule has 0 amide bonds. The summed E-state index contributed by atoms with van der Waals surface area (Å²) >= 11 is 0. The fourth-order valence-electron chi connectivity index (χ4n) is 6.65. The SMILES string of the molecule is COc1cc(-c2n[nH]c3cc(C)c(C4C[C@@H]5CN(C6CCS(=O)(=O)CC6)C[C@@H]5C4)cc23)ccn1. The molecule has 0 bridgehead atoms. The lowest BCUT2D eigenvalue weighted by Crippen LogP contribution is -2.40. The number of nitrogens with zero attached hydrogens (tertiary/aromatic N) is 3. The number of benzene rings is 1. The maximum Gasteiger partial charge on any atom is 0.213 e. The van der Waals surface area contributed by atoms with Gasteiger partial charge in [-0.1, -0.05) is 0 Å². The Morgan fingerprint density at radius 1 is 1.09 bits per heavy atom. The molecule has 34 heavy (non-hydrogen) atoms. The molecule has 0 spiro atoms. The molecule has 1 aliphatic carbocycles. The topological polar surface area (TPSA) is 88.2 Å². The number of methoxy groups -OCH3 is 1. The van der Waals surface area contributed by atoms with Gasteiger partial charge >= 0.3 is 0 Å². The van der Waals surface area contributed by atoms with Gasteiger partial charge in [-0.3, -0.25) is 10.00 Å². The largest absolute Gasteiger partial charge is 0.481 e. The molecule has 180 valence electrons. The van der Waals surface area contributed by atoms with Crippen molar-refractivity contribution in [1.82, 2.24) is 20.1 Å². The molecule has 0 radical (unpaired) electrons. The number of fused-ring (bicyclic) bond motifs is 2. The van der Waals surface area contributed by atoms with Gasteiger partial charge in [0, 0.05) is 42.3 Å². The summed E-state index contributed by atoms with van der Waals surface area (Å²) in [6.45, 7) is 4.47. The van der Waals surface area contributed by atoms with Crippen LogP contribution in [0.2, 0.25) is 0 Å². The summed E-state index contributed by atoms with van der Waals surface area (Å²) in [5.74, 6) is 3.32. The summed E-state index contributed by atoms with van der Waals surface area (Å²) in [4.78, 5) is 6.83. The van der Waals surface area contributed by atoms with E-state index in [1.807, 2.05) is 12.1 Å². The number of hydrogen-bond acceptors (Lipinski definition) is 6. The molecular weight excluding hydrogens is 448 g/mol. The van der Waals surface area contributed by atoms with E-state index in [0.717, 1.165) is 48.1 Å². The number of nitrogens with one attached hydrogen (secondary N) is 1.